The number of hydrogen-bond donors (Lipinski definition) is 1. The van der Waals surface area contributed by atoms with Crippen LogP contribution in [0.2, 0.25) is 0 Å². The predicted octanol–water partition coefficient (Wildman–Crippen LogP) is 2.45. The van der Waals surface area contributed by atoms with Gasteiger partial charge in [0, 0.05) is 19.9 Å². The van der Waals surface area contributed by atoms with Crippen LogP contribution in [0.15, 0.2) is 24.3 Å². The molecule has 0 saturated carbocycles. The van der Waals surface area contributed by atoms with Gasteiger partial charge in [-0.15, -0.1) is 0 Å². The number of amides is 1. The van der Waals surface area contributed by atoms with Crippen molar-refractivity contribution in [3.05, 3.63) is 30.1 Å². The monoisotopic (exact) mass is 331 g/mol. The van der Waals surface area contributed by atoms with Crippen LogP contribution in [0.4, 0.5) is 0 Å². The minimum absolute atomic E-state index is 0.00577. The van der Waals surface area contributed by atoms with Crippen molar-refractivity contribution < 1.29 is 14.3 Å². The highest BCUT2D eigenvalue weighted by Gasteiger charge is 2.13. The number of nitrogens with one attached hydrogen (secondary N) is 1. The quantitative estimate of drug-likeness (QED) is 0.566. The van der Waals surface area contributed by atoms with Gasteiger partial charge in [-0.1, -0.05) is 18.6 Å². The maximum Gasteiger partial charge on any atom is 0.326 e. The van der Waals surface area contributed by atoms with Gasteiger partial charge in [0.15, 0.2) is 0 Å². The molecule has 1 amide bonds. The third-order valence-corrected chi connectivity index (χ3v) is 3.78. The number of esters is 1. The van der Waals surface area contributed by atoms with E-state index in [1.165, 1.54) is 6.92 Å². The van der Waals surface area contributed by atoms with Crippen LogP contribution in [0, 0.1) is 0 Å². The number of aryl methyl sites for hydroxylation is 1. The van der Waals surface area contributed by atoms with Crippen LogP contribution in [0.25, 0.3) is 11.0 Å². The van der Waals surface area contributed by atoms with Crippen molar-refractivity contribution in [2.75, 3.05) is 13.2 Å². The van der Waals surface area contributed by atoms with Gasteiger partial charge >= 0.3 is 5.97 Å². The van der Waals surface area contributed by atoms with E-state index < -0.39 is 0 Å². The van der Waals surface area contributed by atoms with Crippen LogP contribution in [-0.4, -0.2) is 34.6 Å². The van der Waals surface area contributed by atoms with Crippen LogP contribution in [0.3, 0.4) is 0 Å². The van der Waals surface area contributed by atoms with Crippen molar-refractivity contribution in [2.45, 2.75) is 46.1 Å². The van der Waals surface area contributed by atoms with Gasteiger partial charge in [-0.05, 0) is 31.9 Å². The van der Waals surface area contributed by atoms with E-state index in [1.54, 1.807) is 6.92 Å². The standard InChI is InChI=1S/C18H25N3O3/c1-3-24-18(23)13-21-16-10-7-6-9-15(16)20-17(21)11-5-4-8-12-19-14(2)22/h6-7,9-10H,3-5,8,11-13H2,1-2H3,(H,19,22). The molecule has 2 rings (SSSR count). The number of para-hydroxylation sites is 2. The molecule has 24 heavy (non-hydrogen) atoms. The number of unbranched alkanes of at least 4 members (excludes halogenated alkanes) is 2. The van der Waals surface area contributed by atoms with Crippen molar-refractivity contribution in [3.8, 4) is 0 Å². The molecule has 0 fully saturated rings. The van der Waals surface area contributed by atoms with Crippen LogP contribution in [0.5, 0.6) is 0 Å². The number of nitrogens with zero attached hydrogens (tertiary/aromatic N) is 2. The van der Waals surface area contributed by atoms with Crippen molar-refractivity contribution >= 4 is 22.9 Å². The van der Waals surface area contributed by atoms with E-state index in [1.807, 2.05) is 28.8 Å². The van der Waals surface area contributed by atoms with Crippen molar-refractivity contribution in [2.24, 2.45) is 0 Å². The molecule has 1 aromatic carbocycles. The van der Waals surface area contributed by atoms with Crippen LogP contribution < -0.4 is 5.32 Å². The van der Waals surface area contributed by atoms with E-state index in [2.05, 4.69) is 10.3 Å². The summed E-state index contributed by atoms with van der Waals surface area (Å²) in [5.41, 5.74) is 1.86. The maximum atomic E-state index is 11.9. The molecule has 6 heteroatoms. The Kier molecular flexibility index (Phi) is 6.78. The Balaban J connectivity index is 2.00. The molecule has 0 saturated heterocycles. The molecule has 1 heterocycles. The first-order chi connectivity index (χ1) is 11.6. The zero-order valence-corrected chi connectivity index (χ0v) is 14.4. The highest BCUT2D eigenvalue weighted by atomic mass is 16.5. The van der Waals surface area contributed by atoms with Crippen LogP contribution >= 0.6 is 0 Å². The molecular weight excluding hydrogens is 306 g/mol. The van der Waals surface area contributed by atoms with Crippen LogP contribution in [0.1, 0.15) is 38.9 Å². The highest BCUT2D eigenvalue weighted by molar-refractivity contribution is 5.79. The molecule has 0 aliphatic heterocycles. The molecule has 6 nitrogen and oxygen atoms in total. The second kappa shape index (κ2) is 9.05. The minimum atomic E-state index is -0.243. The molecule has 130 valence electrons. The third kappa shape index (κ3) is 5.08. The lowest BCUT2D eigenvalue weighted by Crippen LogP contribution is -2.20. The predicted molar refractivity (Wildman–Crippen MR) is 92.6 cm³/mol. The second-order valence-corrected chi connectivity index (χ2v) is 5.70. The lowest BCUT2D eigenvalue weighted by Gasteiger charge is -2.09. The first-order valence-corrected chi connectivity index (χ1v) is 8.46. The topological polar surface area (TPSA) is 73.2 Å². The van der Waals surface area contributed by atoms with E-state index in [9.17, 15) is 9.59 Å². The fourth-order valence-corrected chi connectivity index (χ4v) is 2.68. The average Bonchev–Trinajstić information content (AvgIpc) is 2.88. The van der Waals surface area contributed by atoms with Crippen molar-refractivity contribution in [1.82, 2.24) is 14.9 Å². The summed E-state index contributed by atoms with van der Waals surface area (Å²) in [7, 11) is 0. The maximum absolute atomic E-state index is 11.9. The molecule has 0 aliphatic carbocycles. The molecular formula is C18H25N3O3. The normalized spacial score (nSPS) is 10.8. The fourth-order valence-electron chi connectivity index (χ4n) is 2.68. The van der Waals surface area contributed by atoms with E-state index in [4.69, 9.17) is 4.74 Å². The molecule has 0 radical (unpaired) electrons. The molecule has 1 aromatic heterocycles. The Hall–Kier alpha value is -2.37. The van der Waals surface area contributed by atoms with E-state index in [0.29, 0.717) is 13.2 Å². The Morgan fingerprint density at radius 1 is 1.21 bits per heavy atom. The number of benzene rings is 1. The molecule has 1 N–H and O–H groups in total. The number of ether oxygens (including phenoxy) is 1. The molecule has 0 unspecified atom stereocenters. The summed E-state index contributed by atoms with van der Waals surface area (Å²) in [6.45, 7) is 4.60. The Labute approximate surface area is 142 Å². The fraction of sp³-hybridized carbons (Fsp3) is 0.500. The van der Waals surface area contributed by atoms with E-state index in [-0.39, 0.29) is 18.4 Å². The first kappa shape index (κ1) is 18.0. The summed E-state index contributed by atoms with van der Waals surface area (Å²) in [4.78, 5) is 27.4. The second-order valence-electron chi connectivity index (χ2n) is 5.70. The number of imidazole rings is 1. The largest absolute Gasteiger partial charge is 0.465 e. The molecule has 0 spiro atoms. The van der Waals surface area contributed by atoms with E-state index >= 15 is 0 Å². The lowest BCUT2D eigenvalue weighted by molar-refractivity contribution is -0.143. The van der Waals surface area contributed by atoms with Crippen LogP contribution in [-0.2, 0) is 27.3 Å². The van der Waals surface area contributed by atoms with Gasteiger partial charge in [0.2, 0.25) is 5.91 Å². The zero-order chi connectivity index (χ0) is 17.4. The summed E-state index contributed by atoms with van der Waals surface area (Å²) in [6.07, 6.45) is 3.71. The minimum Gasteiger partial charge on any atom is -0.465 e. The summed E-state index contributed by atoms with van der Waals surface area (Å²) < 4.78 is 7.02. The number of carbonyl (C=O) groups is 2. The number of aromatic nitrogens is 2. The van der Waals surface area contributed by atoms with Gasteiger partial charge < -0.3 is 14.6 Å². The van der Waals surface area contributed by atoms with Crippen molar-refractivity contribution in [1.29, 1.82) is 0 Å². The Morgan fingerprint density at radius 3 is 2.75 bits per heavy atom. The van der Waals surface area contributed by atoms with Gasteiger partial charge in [0.05, 0.1) is 17.6 Å². The Bertz CT molecular complexity index is 694. The van der Waals surface area contributed by atoms with E-state index in [0.717, 1.165) is 42.5 Å². The van der Waals surface area contributed by atoms with Gasteiger partial charge in [-0.25, -0.2) is 4.98 Å². The highest BCUT2D eigenvalue weighted by Crippen LogP contribution is 2.18. The Morgan fingerprint density at radius 2 is 2.00 bits per heavy atom. The number of carbonyl (C=O) groups excluding carboxylic acids is 2. The number of fused-ring (bicyclic) bond motifs is 1. The molecule has 0 bridgehead atoms. The number of hydrogen-bond acceptors (Lipinski definition) is 4. The average molecular weight is 331 g/mol. The SMILES string of the molecule is CCOC(=O)Cn1c(CCCCCNC(C)=O)nc2ccccc21. The summed E-state index contributed by atoms with van der Waals surface area (Å²) >= 11 is 0. The summed E-state index contributed by atoms with van der Waals surface area (Å²) in [5.74, 6) is 0.669. The van der Waals surface area contributed by atoms with Gasteiger partial charge in [-0.3, -0.25) is 9.59 Å². The smallest absolute Gasteiger partial charge is 0.326 e. The molecule has 2 aromatic rings. The van der Waals surface area contributed by atoms with Gasteiger partial charge in [0.25, 0.3) is 0 Å². The number of rotatable bonds is 9. The summed E-state index contributed by atoms with van der Waals surface area (Å²) in [6, 6.07) is 7.82. The first-order valence-electron chi connectivity index (χ1n) is 8.46. The zero-order valence-electron chi connectivity index (χ0n) is 14.4. The third-order valence-electron chi connectivity index (χ3n) is 3.78. The van der Waals surface area contributed by atoms with Crippen molar-refractivity contribution in [3.63, 3.8) is 0 Å². The molecule has 0 atom stereocenters. The summed E-state index contributed by atoms with van der Waals surface area (Å²) in [5, 5.41) is 2.80. The van der Waals surface area contributed by atoms with Gasteiger partial charge in [-0.2, -0.15) is 0 Å². The molecule has 0 aliphatic rings. The van der Waals surface area contributed by atoms with Gasteiger partial charge in [0.1, 0.15) is 12.4 Å². The lowest BCUT2D eigenvalue weighted by atomic mass is 10.2.